The van der Waals surface area contributed by atoms with Crippen molar-refractivity contribution in [3.8, 4) is 0 Å². The third-order valence-electron chi connectivity index (χ3n) is 1.62. The number of hydrogen-bond donors (Lipinski definition) is 0. The molecule has 13 heavy (non-hydrogen) atoms. The van der Waals surface area contributed by atoms with Gasteiger partial charge in [-0.3, -0.25) is 5.28 Å². The smallest absolute Gasteiger partial charge is 0.0579 e. The van der Waals surface area contributed by atoms with Gasteiger partial charge in [0.25, 0.3) is 0 Å². The molecule has 0 fully saturated rings. The summed E-state index contributed by atoms with van der Waals surface area (Å²) in [6, 6.07) is 9.36. The lowest BCUT2D eigenvalue weighted by atomic mass is 10.2. The van der Waals surface area contributed by atoms with E-state index < -0.39 is 0 Å². The van der Waals surface area contributed by atoms with Gasteiger partial charge >= 0.3 is 0 Å². The molecule has 1 aromatic carbocycles. The van der Waals surface area contributed by atoms with Crippen molar-refractivity contribution in [3.05, 3.63) is 46.0 Å². The van der Waals surface area contributed by atoms with Gasteiger partial charge in [-0.25, -0.2) is 5.01 Å². The fourth-order valence-electron chi connectivity index (χ4n) is 0.970. The van der Waals surface area contributed by atoms with Gasteiger partial charge in [-0.2, -0.15) is 0 Å². The molecule has 0 heterocycles. The maximum Gasteiger partial charge on any atom is 0.0579 e. The van der Waals surface area contributed by atoms with Crippen LogP contribution < -0.4 is 0 Å². The number of rotatable bonds is 4. The van der Waals surface area contributed by atoms with E-state index in [9.17, 15) is 10.1 Å². The Balaban J connectivity index is 2.54. The zero-order valence-electron chi connectivity index (χ0n) is 7.25. The van der Waals surface area contributed by atoms with Gasteiger partial charge in [0.05, 0.1) is 5.29 Å². The molecule has 0 amide bonds. The summed E-state index contributed by atoms with van der Waals surface area (Å²) in [6.45, 7) is 0.371. The summed E-state index contributed by atoms with van der Waals surface area (Å²) in [4.78, 5) is 9.86. The lowest BCUT2D eigenvalue weighted by molar-refractivity contribution is 0.0439. The molecule has 0 aromatic heterocycles. The highest BCUT2D eigenvalue weighted by Gasteiger charge is 2.00. The van der Waals surface area contributed by atoms with E-state index in [1.54, 1.807) is 0 Å². The minimum absolute atomic E-state index is 0.0208. The second-order valence-corrected chi connectivity index (χ2v) is 2.64. The fourth-order valence-corrected chi connectivity index (χ4v) is 0.970. The maximum atomic E-state index is 10.7. The van der Waals surface area contributed by atoms with Crippen LogP contribution in [0, 0.1) is 10.1 Å². The normalized spacial score (nSPS) is 10.1. The fraction of sp³-hybridized carbons (Fsp3) is 0.250. The first kappa shape index (κ1) is 9.63. The molecular formula is C8H10N3O2-. The predicted molar refractivity (Wildman–Crippen MR) is 48.9 cm³/mol. The van der Waals surface area contributed by atoms with E-state index in [0.29, 0.717) is 6.54 Å². The van der Waals surface area contributed by atoms with Crippen molar-refractivity contribution in [1.82, 2.24) is 10.3 Å². The van der Waals surface area contributed by atoms with Crippen LogP contribution in [0.3, 0.4) is 0 Å². The van der Waals surface area contributed by atoms with Crippen LogP contribution >= 0.6 is 0 Å². The first-order valence-corrected chi connectivity index (χ1v) is 3.79. The van der Waals surface area contributed by atoms with E-state index in [1.165, 1.54) is 12.1 Å². The van der Waals surface area contributed by atoms with Crippen molar-refractivity contribution in [2.24, 2.45) is 5.29 Å². The molecule has 0 aliphatic heterocycles. The minimum atomic E-state index is 0.0208. The summed E-state index contributed by atoms with van der Waals surface area (Å²) in [7, 11) is 1.50. The molecule has 0 spiro atoms. The molecule has 0 saturated carbocycles. The summed E-state index contributed by atoms with van der Waals surface area (Å²) in [5, 5.41) is 14.1. The van der Waals surface area contributed by atoms with Crippen molar-refractivity contribution in [3.63, 3.8) is 0 Å². The molecule has 70 valence electrons. The molecule has 5 nitrogen and oxygen atoms in total. The molecule has 0 aliphatic carbocycles. The van der Waals surface area contributed by atoms with Crippen LogP contribution in [0.15, 0.2) is 35.6 Å². The standard InChI is InChI=1S/C8H10N3O2/c1-10(11(13)9-12)7-8-5-3-2-4-6-8/h2-6H,7H2,1H3/q-1. The zero-order valence-corrected chi connectivity index (χ0v) is 7.25. The lowest BCUT2D eigenvalue weighted by Crippen LogP contribution is -2.29. The van der Waals surface area contributed by atoms with E-state index in [2.05, 4.69) is 5.29 Å². The lowest BCUT2D eigenvalue weighted by Gasteiger charge is -2.30. The summed E-state index contributed by atoms with van der Waals surface area (Å²) >= 11 is 0. The Bertz CT molecular complexity index is 265. The monoisotopic (exact) mass is 180 g/mol. The van der Waals surface area contributed by atoms with Crippen LogP contribution in [0.2, 0.25) is 0 Å². The first-order chi connectivity index (χ1) is 6.24. The van der Waals surface area contributed by atoms with Crippen LogP contribution in [0.25, 0.3) is 0 Å². The van der Waals surface area contributed by atoms with Gasteiger partial charge in [-0.15, -0.1) is 4.91 Å². The molecule has 5 heteroatoms. The van der Waals surface area contributed by atoms with E-state index in [0.717, 1.165) is 5.56 Å². The Kier molecular flexibility index (Phi) is 3.36. The largest absolute Gasteiger partial charge is 0.724 e. The highest BCUT2D eigenvalue weighted by Crippen LogP contribution is 2.04. The molecule has 0 saturated heterocycles. The second kappa shape index (κ2) is 4.54. The molecule has 0 radical (unpaired) electrons. The molecule has 0 unspecified atom stereocenters. The Morgan fingerprint density at radius 3 is 2.54 bits per heavy atom. The molecule has 1 rings (SSSR count). The van der Waals surface area contributed by atoms with Gasteiger partial charge in [0.15, 0.2) is 0 Å². The third-order valence-corrected chi connectivity index (χ3v) is 1.62. The molecule has 0 bridgehead atoms. The third kappa shape index (κ3) is 2.81. The highest BCUT2D eigenvalue weighted by atomic mass is 16.6. The van der Waals surface area contributed by atoms with E-state index in [1.807, 2.05) is 30.3 Å². The quantitative estimate of drug-likeness (QED) is 0.520. The van der Waals surface area contributed by atoms with Crippen LogP contribution in [0.4, 0.5) is 0 Å². The van der Waals surface area contributed by atoms with Crippen molar-refractivity contribution >= 4 is 0 Å². The maximum absolute atomic E-state index is 10.7. The second-order valence-electron chi connectivity index (χ2n) is 2.64. The number of nitroso groups, excluding NO2 is 1. The topological polar surface area (TPSA) is 59.0 Å². The zero-order chi connectivity index (χ0) is 9.68. The number of benzene rings is 1. The minimum Gasteiger partial charge on any atom is -0.724 e. The van der Waals surface area contributed by atoms with Crippen LogP contribution in [0.1, 0.15) is 5.56 Å². The van der Waals surface area contributed by atoms with Crippen LogP contribution in [-0.4, -0.2) is 17.3 Å². The molecule has 0 N–H and O–H groups in total. The van der Waals surface area contributed by atoms with E-state index >= 15 is 0 Å². The van der Waals surface area contributed by atoms with Gasteiger partial charge in [-0.1, -0.05) is 30.3 Å². The summed E-state index contributed by atoms with van der Waals surface area (Å²) in [5.41, 5.74) is 0.953. The van der Waals surface area contributed by atoms with Crippen molar-refractivity contribution in [1.29, 1.82) is 0 Å². The van der Waals surface area contributed by atoms with Gasteiger partial charge in [0.1, 0.15) is 0 Å². The van der Waals surface area contributed by atoms with Gasteiger partial charge in [-0.05, 0) is 5.56 Å². The number of hydrazine groups is 1. The Hall–Kier alpha value is -1.46. The molecule has 0 aliphatic rings. The van der Waals surface area contributed by atoms with Crippen molar-refractivity contribution in [2.75, 3.05) is 7.05 Å². The van der Waals surface area contributed by atoms with Gasteiger partial charge in [0, 0.05) is 13.6 Å². The summed E-state index contributed by atoms with van der Waals surface area (Å²) in [5.74, 6) is 0. The average Bonchev–Trinajstić information content (AvgIpc) is 2.18. The summed E-state index contributed by atoms with van der Waals surface area (Å²) in [6.07, 6.45) is 0. The Morgan fingerprint density at radius 1 is 1.38 bits per heavy atom. The highest BCUT2D eigenvalue weighted by molar-refractivity contribution is 5.14. The van der Waals surface area contributed by atoms with Gasteiger partial charge < -0.3 is 5.21 Å². The van der Waals surface area contributed by atoms with E-state index in [4.69, 9.17) is 0 Å². The van der Waals surface area contributed by atoms with Crippen molar-refractivity contribution in [2.45, 2.75) is 6.54 Å². The van der Waals surface area contributed by atoms with Crippen molar-refractivity contribution < 1.29 is 0 Å². The molecular weight excluding hydrogens is 170 g/mol. The van der Waals surface area contributed by atoms with E-state index in [-0.39, 0.29) is 5.28 Å². The summed E-state index contributed by atoms with van der Waals surface area (Å²) < 4.78 is 0. The SMILES string of the molecule is CN(Cc1ccccc1)N([O-])N=O. The molecule has 1 aromatic rings. The Morgan fingerprint density at radius 2 is 2.00 bits per heavy atom. The number of nitrogens with zero attached hydrogens (tertiary/aromatic N) is 3. The van der Waals surface area contributed by atoms with Gasteiger partial charge in [0.2, 0.25) is 0 Å². The Labute approximate surface area is 76.1 Å². The molecule has 0 atom stereocenters. The number of hydrogen-bond acceptors (Lipinski definition) is 4. The van der Waals surface area contributed by atoms with Crippen LogP contribution in [-0.2, 0) is 6.54 Å². The first-order valence-electron chi connectivity index (χ1n) is 3.79. The predicted octanol–water partition coefficient (Wildman–Crippen LogP) is 1.51. The van der Waals surface area contributed by atoms with Crippen LogP contribution in [0.5, 0.6) is 0 Å². The average molecular weight is 180 g/mol.